The van der Waals surface area contributed by atoms with Crippen LogP contribution in [0, 0.1) is 11.7 Å². The van der Waals surface area contributed by atoms with Gasteiger partial charge in [-0.1, -0.05) is 18.2 Å². The molecule has 0 aliphatic carbocycles. The van der Waals surface area contributed by atoms with E-state index in [4.69, 9.17) is 10.5 Å². The standard InChI is InChI=1S/C31H40FN5O3/c1-35-12-8-23(9-13-35)30(38)34-27-4-3-5-28-29(27)25(20-37(28)16-17-40-2)31(39)36-14-10-22(11-15-36)24-18-21(19-33)6-7-26(24)32/h3-7,18,20,22-23H,8-17,19,33H2,1-2H3,(H,34,38). The molecule has 0 radical (unpaired) electrons. The lowest BCUT2D eigenvalue weighted by atomic mass is 9.88. The zero-order valence-corrected chi connectivity index (χ0v) is 23.5. The van der Waals surface area contributed by atoms with Crippen molar-refractivity contribution in [2.75, 3.05) is 52.3 Å². The number of likely N-dealkylation sites (tertiary alicyclic amines) is 2. The molecular formula is C31H40FN5O3. The van der Waals surface area contributed by atoms with Crippen LogP contribution in [0.1, 0.15) is 53.1 Å². The van der Waals surface area contributed by atoms with E-state index in [0.717, 1.165) is 42.4 Å². The third-order valence-corrected chi connectivity index (χ3v) is 8.54. The number of piperidine rings is 2. The smallest absolute Gasteiger partial charge is 0.256 e. The van der Waals surface area contributed by atoms with Crippen LogP contribution in [0.3, 0.4) is 0 Å². The average Bonchev–Trinajstić information content (AvgIpc) is 3.36. The summed E-state index contributed by atoms with van der Waals surface area (Å²) in [5.74, 6) is -0.280. The van der Waals surface area contributed by atoms with Gasteiger partial charge in [-0.25, -0.2) is 4.39 Å². The molecule has 214 valence electrons. The highest BCUT2D eigenvalue weighted by atomic mass is 19.1. The molecule has 3 N–H and O–H groups in total. The summed E-state index contributed by atoms with van der Waals surface area (Å²) in [4.78, 5) is 31.3. The summed E-state index contributed by atoms with van der Waals surface area (Å²) in [6, 6.07) is 10.9. The summed E-state index contributed by atoms with van der Waals surface area (Å²) >= 11 is 0. The zero-order valence-electron chi connectivity index (χ0n) is 23.5. The molecule has 0 bridgehead atoms. The molecule has 2 amide bonds. The molecule has 8 nitrogen and oxygen atoms in total. The van der Waals surface area contributed by atoms with Gasteiger partial charge in [-0.2, -0.15) is 0 Å². The summed E-state index contributed by atoms with van der Waals surface area (Å²) in [5, 5.41) is 3.92. The monoisotopic (exact) mass is 549 g/mol. The fourth-order valence-electron chi connectivity index (χ4n) is 6.10. The van der Waals surface area contributed by atoms with E-state index in [1.807, 2.05) is 39.9 Å². The van der Waals surface area contributed by atoms with Gasteiger partial charge in [0.25, 0.3) is 5.91 Å². The molecule has 40 heavy (non-hydrogen) atoms. The van der Waals surface area contributed by atoms with Crippen LogP contribution < -0.4 is 11.1 Å². The maximum Gasteiger partial charge on any atom is 0.256 e. The highest BCUT2D eigenvalue weighted by molar-refractivity contribution is 6.13. The lowest BCUT2D eigenvalue weighted by molar-refractivity contribution is -0.121. The molecule has 9 heteroatoms. The number of fused-ring (bicyclic) bond motifs is 1. The molecular weight excluding hydrogens is 509 g/mol. The molecule has 5 rings (SSSR count). The minimum Gasteiger partial charge on any atom is -0.383 e. The van der Waals surface area contributed by atoms with Crippen molar-refractivity contribution in [3.8, 4) is 0 Å². The Kier molecular flexibility index (Phi) is 8.83. The molecule has 2 aliphatic heterocycles. The second kappa shape index (κ2) is 12.5. The fourth-order valence-corrected chi connectivity index (χ4v) is 6.10. The van der Waals surface area contributed by atoms with Gasteiger partial charge in [0.2, 0.25) is 5.91 Å². The van der Waals surface area contributed by atoms with Crippen molar-refractivity contribution in [2.24, 2.45) is 11.7 Å². The Morgan fingerprint density at radius 3 is 2.52 bits per heavy atom. The van der Waals surface area contributed by atoms with Gasteiger partial charge in [0, 0.05) is 50.8 Å². The molecule has 2 saturated heterocycles. The largest absolute Gasteiger partial charge is 0.383 e. The number of hydrogen-bond donors (Lipinski definition) is 2. The number of benzene rings is 2. The van der Waals surface area contributed by atoms with Gasteiger partial charge < -0.3 is 30.2 Å². The number of ether oxygens (including phenoxy) is 1. The quantitative estimate of drug-likeness (QED) is 0.440. The Hall–Kier alpha value is -3.27. The number of anilines is 1. The van der Waals surface area contributed by atoms with Crippen molar-refractivity contribution in [3.05, 3.63) is 65.1 Å². The first-order chi connectivity index (χ1) is 19.4. The molecule has 1 aromatic heterocycles. The normalized spacial score (nSPS) is 17.4. The minimum absolute atomic E-state index is 0.00573. The van der Waals surface area contributed by atoms with Gasteiger partial charge in [-0.15, -0.1) is 0 Å². The Balaban J connectivity index is 1.39. The molecule has 2 aliphatic rings. The number of nitrogens with two attached hydrogens (primary N) is 1. The number of amides is 2. The highest BCUT2D eigenvalue weighted by Crippen LogP contribution is 2.34. The molecule has 2 aromatic carbocycles. The molecule has 0 spiro atoms. The topological polar surface area (TPSA) is 92.8 Å². The average molecular weight is 550 g/mol. The van der Waals surface area contributed by atoms with Crippen LogP contribution in [0.4, 0.5) is 10.1 Å². The number of rotatable bonds is 8. The fraction of sp³-hybridized carbons (Fsp3) is 0.484. The number of methoxy groups -OCH3 is 1. The summed E-state index contributed by atoms with van der Waals surface area (Å²) in [5.41, 5.74) is 9.49. The lowest BCUT2D eigenvalue weighted by Gasteiger charge is -2.32. The van der Waals surface area contributed by atoms with Crippen LogP contribution in [0.15, 0.2) is 42.6 Å². The van der Waals surface area contributed by atoms with E-state index >= 15 is 0 Å². The van der Waals surface area contributed by atoms with Crippen LogP contribution in [-0.4, -0.2) is 73.1 Å². The van der Waals surface area contributed by atoms with E-state index in [9.17, 15) is 14.0 Å². The number of carbonyl (C=O) groups is 2. The number of nitrogens with zero attached hydrogens (tertiary/aromatic N) is 3. The number of halogens is 1. The van der Waals surface area contributed by atoms with Crippen molar-refractivity contribution in [1.29, 1.82) is 0 Å². The highest BCUT2D eigenvalue weighted by Gasteiger charge is 2.30. The third-order valence-electron chi connectivity index (χ3n) is 8.54. The maximum absolute atomic E-state index is 14.6. The first-order valence-electron chi connectivity index (χ1n) is 14.3. The van der Waals surface area contributed by atoms with Crippen molar-refractivity contribution in [3.63, 3.8) is 0 Å². The number of hydrogen-bond acceptors (Lipinski definition) is 5. The number of carbonyl (C=O) groups excluding carboxylic acids is 2. The van der Waals surface area contributed by atoms with Crippen LogP contribution >= 0.6 is 0 Å². The van der Waals surface area contributed by atoms with E-state index in [0.29, 0.717) is 62.4 Å². The van der Waals surface area contributed by atoms with E-state index < -0.39 is 0 Å². The summed E-state index contributed by atoms with van der Waals surface area (Å²) < 4.78 is 22.0. The summed E-state index contributed by atoms with van der Waals surface area (Å²) in [7, 11) is 3.73. The SMILES string of the molecule is COCCn1cc(C(=O)N2CCC(c3cc(CN)ccc3F)CC2)c2c(NC(=O)C3CCN(C)CC3)cccc21. The molecule has 0 atom stereocenters. The van der Waals surface area contributed by atoms with Gasteiger partial charge in [-0.3, -0.25) is 9.59 Å². The predicted octanol–water partition coefficient (Wildman–Crippen LogP) is 4.19. The van der Waals surface area contributed by atoms with E-state index in [1.165, 1.54) is 6.07 Å². The Bertz CT molecular complexity index is 1360. The van der Waals surface area contributed by atoms with Gasteiger partial charge in [-0.05, 0) is 81.1 Å². The second-order valence-corrected chi connectivity index (χ2v) is 11.1. The van der Waals surface area contributed by atoms with Crippen molar-refractivity contribution >= 4 is 28.4 Å². The first-order valence-corrected chi connectivity index (χ1v) is 14.3. The van der Waals surface area contributed by atoms with Crippen molar-refractivity contribution in [1.82, 2.24) is 14.4 Å². The molecule has 0 unspecified atom stereocenters. The van der Waals surface area contributed by atoms with Crippen LogP contribution in [0.5, 0.6) is 0 Å². The predicted molar refractivity (Wildman–Crippen MR) is 155 cm³/mol. The Morgan fingerprint density at radius 2 is 1.82 bits per heavy atom. The van der Waals surface area contributed by atoms with E-state index in [2.05, 4.69) is 17.3 Å². The van der Waals surface area contributed by atoms with Gasteiger partial charge in [0.1, 0.15) is 5.82 Å². The van der Waals surface area contributed by atoms with Crippen LogP contribution in [0.2, 0.25) is 0 Å². The number of aromatic nitrogens is 1. The third kappa shape index (κ3) is 5.92. The minimum atomic E-state index is -0.215. The maximum atomic E-state index is 14.6. The van der Waals surface area contributed by atoms with E-state index in [1.54, 1.807) is 13.2 Å². The molecule has 2 fully saturated rings. The van der Waals surface area contributed by atoms with E-state index in [-0.39, 0.29) is 29.5 Å². The Labute approximate surface area is 235 Å². The molecule has 3 heterocycles. The second-order valence-electron chi connectivity index (χ2n) is 11.1. The van der Waals surface area contributed by atoms with Crippen molar-refractivity contribution in [2.45, 2.75) is 44.7 Å². The van der Waals surface area contributed by atoms with Crippen LogP contribution in [0.25, 0.3) is 10.9 Å². The van der Waals surface area contributed by atoms with Gasteiger partial charge in [0.15, 0.2) is 0 Å². The molecule has 3 aromatic rings. The summed E-state index contributed by atoms with van der Waals surface area (Å²) in [6.45, 7) is 4.32. The lowest BCUT2D eigenvalue weighted by Crippen LogP contribution is -2.38. The number of nitrogens with one attached hydrogen (secondary N) is 1. The summed E-state index contributed by atoms with van der Waals surface area (Å²) in [6.07, 6.45) is 4.89. The van der Waals surface area contributed by atoms with Crippen LogP contribution in [-0.2, 0) is 22.6 Å². The molecule has 0 saturated carbocycles. The van der Waals surface area contributed by atoms with Crippen molar-refractivity contribution < 1.29 is 18.7 Å². The first kappa shape index (κ1) is 28.3. The Morgan fingerprint density at radius 1 is 1.07 bits per heavy atom. The van der Waals surface area contributed by atoms with Gasteiger partial charge in [0.05, 0.1) is 23.4 Å². The van der Waals surface area contributed by atoms with Gasteiger partial charge >= 0.3 is 0 Å². The zero-order chi connectivity index (χ0) is 28.2.